The van der Waals surface area contributed by atoms with E-state index in [-0.39, 0.29) is 0 Å². The van der Waals surface area contributed by atoms with Crippen molar-refractivity contribution in [2.75, 3.05) is 39.4 Å². The topological polar surface area (TPSA) is 57.6 Å². The third-order valence-electron chi connectivity index (χ3n) is 3.45. The molecule has 0 aromatic carbocycles. The number of nitrogens with zero attached hydrogens (tertiary/aromatic N) is 2. The number of rotatable bonds is 6. The Kier molecular flexibility index (Phi) is 5.48. The van der Waals surface area contributed by atoms with Gasteiger partial charge in [0.1, 0.15) is 0 Å². The number of nitrogens with one attached hydrogen (secondary N) is 1. The van der Waals surface area contributed by atoms with E-state index in [2.05, 4.69) is 21.3 Å². The molecule has 2 rings (SSSR count). The van der Waals surface area contributed by atoms with Crippen molar-refractivity contribution in [2.24, 2.45) is 0 Å². The van der Waals surface area contributed by atoms with Gasteiger partial charge in [0, 0.05) is 38.9 Å². The zero-order valence-electron chi connectivity index (χ0n) is 12.4. The Morgan fingerprint density at radius 3 is 2.80 bits per heavy atom. The van der Waals surface area contributed by atoms with Crippen molar-refractivity contribution < 1.29 is 9.84 Å². The van der Waals surface area contributed by atoms with E-state index in [9.17, 15) is 5.11 Å². The molecule has 5 nitrogen and oxygen atoms in total. The second kappa shape index (κ2) is 7.13. The summed E-state index contributed by atoms with van der Waals surface area (Å²) >= 11 is 0. The first-order valence-electron chi connectivity index (χ1n) is 7.20. The Morgan fingerprint density at radius 2 is 2.15 bits per heavy atom. The fourth-order valence-corrected chi connectivity index (χ4v) is 2.36. The lowest BCUT2D eigenvalue weighted by molar-refractivity contribution is -0.0219. The Hall–Kier alpha value is -1.01. The molecule has 1 saturated heterocycles. The van der Waals surface area contributed by atoms with Crippen molar-refractivity contribution in [3.63, 3.8) is 0 Å². The SMILES string of the molecule is Cc1ccc(CNCC(C)(O)CN2CCOCC2)nc1. The number of aryl methyl sites for hydroxylation is 1. The van der Waals surface area contributed by atoms with Crippen molar-refractivity contribution in [1.29, 1.82) is 0 Å². The molecular formula is C15H25N3O2. The maximum absolute atomic E-state index is 10.4. The Morgan fingerprint density at radius 1 is 1.40 bits per heavy atom. The zero-order chi connectivity index (χ0) is 14.4. The first-order valence-corrected chi connectivity index (χ1v) is 7.20. The van der Waals surface area contributed by atoms with Crippen LogP contribution in [0.1, 0.15) is 18.2 Å². The van der Waals surface area contributed by atoms with E-state index in [1.165, 1.54) is 0 Å². The number of β-amino-alcohol motifs (C(OH)–C–C–N with tert-alkyl or cyclic N) is 1. The molecule has 1 aliphatic rings. The van der Waals surface area contributed by atoms with Crippen LogP contribution in [0.25, 0.3) is 0 Å². The molecular weight excluding hydrogens is 254 g/mol. The second-order valence-corrected chi connectivity index (χ2v) is 5.82. The maximum Gasteiger partial charge on any atom is 0.0869 e. The Balaban J connectivity index is 1.72. The lowest BCUT2D eigenvalue weighted by atomic mass is 10.1. The number of hydrogen-bond donors (Lipinski definition) is 2. The molecule has 2 N–H and O–H groups in total. The molecule has 1 aromatic rings. The van der Waals surface area contributed by atoms with E-state index in [0.717, 1.165) is 37.6 Å². The Bertz CT molecular complexity index is 400. The van der Waals surface area contributed by atoms with Gasteiger partial charge in [-0.05, 0) is 25.5 Å². The van der Waals surface area contributed by atoms with Crippen molar-refractivity contribution in [3.8, 4) is 0 Å². The van der Waals surface area contributed by atoms with Gasteiger partial charge in [-0.25, -0.2) is 0 Å². The summed E-state index contributed by atoms with van der Waals surface area (Å²) in [7, 11) is 0. The van der Waals surface area contributed by atoms with Crippen LogP contribution in [-0.2, 0) is 11.3 Å². The van der Waals surface area contributed by atoms with Gasteiger partial charge in [0.05, 0.1) is 24.5 Å². The molecule has 5 heteroatoms. The normalized spacial score (nSPS) is 19.8. The van der Waals surface area contributed by atoms with Crippen LogP contribution in [0, 0.1) is 6.92 Å². The number of hydrogen-bond acceptors (Lipinski definition) is 5. The summed E-state index contributed by atoms with van der Waals surface area (Å²) in [6, 6.07) is 4.06. The van der Waals surface area contributed by atoms with Crippen LogP contribution in [0.15, 0.2) is 18.3 Å². The van der Waals surface area contributed by atoms with Crippen LogP contribution in [0.2, 0.25) is 0 Å². The van der Waals surface area contributed by atoms with Crippen LogP contribution in [0.3, 0.4) is 0 Å². The third-order valence-corrected chi connectivity index (χ3v) is 3.45. The summed E-state index contributed by atoms with van der Waals surface area (Å²) in [5, 5.41) is 13.7. The number of aromatic nitrogens is 1. The number of aliphatic hydroxyl groups is 1. The largest absolute Gasteiger partial charge is 0.388 e. The van der Waals surface area contributed by atoms with Crippen molar-refractivity contribution in [1.82, 2.24) is 15.2 Å². The standard InChI is InChI=1S/C15H25N3O2/c1-13-3-4-14(17-9-13)10-16-11-15(2,19)12-18-5-7-20-8-6-18/h3-4,9,16,19H,5-8,10-12H2,1-2H3. The molecule has 112 valence electrons. The molecule has 1 aromatic heterocycles. The molecule has 0 saturated carbocycles. The highest BCUT2D eigenvalue weighted by Crippen LogP contribution is 2.08. The van der Waals surface area contributed by atoms with Crippen molar-refractivity contribution >= 4 is 0 Å². The monoisotopic (exact) mass is 279 g/mol. The van der Waals surface area contributed by atoms with Crippen LogP contribution in [0.4, 0.5) is 0 Å². The van der Waals surface area contributed by atoms with E-state index in [1.807, 2.05) is 26.1 Å². The summed E-state index contributed by atoms with van der Waals surface area (Å²) in [5.74, 6) is 0. The van der Waals surface area contributed by atoms with E-state index >= 15 is 0 Å². The van der Waals surface area contributed by atoms with Gasteiger partial charge >= 0.3 is 0 Å². The third kappa shape index (κ3) is 5.17. The van der Waals surface area contributed by atoms with E-state index in [1.54, 1.807) is 0 Å². The number of ether oxygens (including phenoxy) is 1. The zero-order valence-corrected chi connectivity index (χ0v) is 12.4. The highest BCUT2D eigenvalue weighted by molar-refractivity contribution is 5.11. The highest BCUT2D eigenvalue weighted by atomic mass is 16.5. The van der Waals surface area contributed by atoms with E-state index in [0.29, 0.717) is 19.6 Å². The smallest absolute Gasteiger partial charge is 0.0869 e. The minimum atomic E-state index is -0.734. The molecule has 0 amide bonds. The van der Waals surface area contributed by atoms with Gasteiger partial charge in [-0.3, -0.25) is 9.88 Å². The molecule has 20 heavy (non-hydrogen) atoms. The molecule has 1 aliphatic heterocycles. The lowest BCUT2D eigenvalue weighted by Gasteiger charge is -2.34. The van der Waals surface area contributed by atoms with Crippen LogP contribution < -0.4 is 5.32 Å². The summed E-state index contributed by atoms with van der Waals surface area (Å²) in [6.07, 6.45) is 1.86. The average molecular weight is 279 g/mol. The van der Waals surface area contributed by atoms with E-state index in [4.69, 9.17) is 4.74 Å². The van der Waals surface area contributed by atoms with Gasteiger partial charge in [0.2, 0.25) is 0 Å². The second-order valence-electron chi connectivity index (χ2n) is 5.82. The first kappa shape index (κ1) is 15.4. The van der Waals surface area contributed by atoms with Crippen molar-refractivity contribution in [3.05, 3.63) is 29.6 Å². The van der Waals surface area contributed by atoms with Gasteiger partial charge in [0.15, 0.2) is 0 Å². The first-order chi connectivity index (χ1) is 9.55. The summed E-state index contributed by atoms with van der Waals surface area (Å²) < 4.78 is 5.32. The highest BCUT2D eigenvalue weighted by Gasteiger charge is 2.24. The molecule has 0 aliphatic carbocycles. The molecule has 0 bridgehead atoms. The molecule has 1 fully saturated rings. The van der Waals surface area contributed by atoms with Crippen molar-refractivity contribution in [2.45, 2.75) is 26.0 Å². The minimum absolute atomic E-state index is 0.555. The van der Waals surface area contributed by atoms with E-state index < -0.39 is 5.60 Å². The Labute approximate surface area is 121 Å². The van der Waals surface area contributed by atoms with Crippen LogP contribution >= 0.6 is 0 Å². The molecule has 0 radical (unpaired) electrons. The predicted octanol–water partition coefficient (Wildman–Crippen LogP) is 0.563. The van der Waals surface area contributed by atoms with Gasteiger partial charge in [-0.2, -0.15) is 0 Å². The fraction of sp³-hybridized carbons (Fsp3) is 0.667. The average Bonchev–Trinajstić information content (AvgIpc) is 2.41. The van der Waals surface area contributed by atoms with Gasteiger partial charge < -0.3 is 15.2 Å². The quantitative estimate of drug-likeness (QED) is 0.797. The number of morpholine rings is 1. The molecule has 1 atom stereocenters. The predicted molar refractivity (Wildman–Crippen MR) is 78.6 cm³/mol. The van der Waals surface area contributed by atoms with Gasteiger partial charge in [-0.1, -0.05) is 6.07 Å². The number of pyridine rings is 1. The minimum Gasteiger partial charge on any atom is -0.388 e. The van der Waals surface area contributed by atoms with Gasteiger partial charge in [-0.15, -0.1) is 0 Å². The summed E-state index contributed by atoms with van der Waals surface area (Å²) in [6.45, 7) is 9.12. The molecule has 0 spiro atoms. The van der Waals surface area contributed by atoms with Crippen LogP contribution in [0.5, 0.6) is 0 Å². The maximum atomic E-state index is 10.4. The molecule has 1 unspecified atom stereocenters. The lowest BCUT2D eigenvalue weighted by Crippen LogP contribution is -2.50. The van der Waals surface area contributed by atoms with Gasteiger partial charge in [0.25, 0.3) is 0 Å². The fourth-order valence-electron chi connectivity index (χ4n) is 2.36. The summed E-state index contributed by atoms with van der Waals surface area (Å²) in [4.78, 5) is 6.59. The van der Waals surface area contributed by atoms with Crippen LogP contribution in [-0.4, -0.2) is 60.0 Å². The molecule has 2 heterocycles. The summed E-state index contributed by atoms with van der Waals surface area (Å²) in [5.41, 5.74) is 1.42.